The number of nitrogens with zero attached hydrogens (tertiary/aromatic N) is 5. The Hall–Kier alpha value is -4.25. The Morgan fingerprint density at radius 3 is 2.50 bits per heavy atom. The van der Waals surface area contributed by atoms with Gasteiger partial charge in [0, 0.05) is 44.9 Å². The quantitative estimate of drug-likeness (QED) is 0.490. The fraction of sp³-hybridized carbons (Fsp3) is 0.308. The number of aromatic nitrogens is 3. The molecule has 5 rings (SSSR count). The van der Waals surface area contributed by atoms with Gasteiger partial charge in [0.05, 0.1) is 39.9 Å². The van der Waals surface area contributed by atoms with Crippen LogP contribution in [0.3, 0.4) is 0 Å². The summed E-state index contributed by atoms with van der Waals surface area (Å²) < 4.78 is 5.95. The number of halogens is 1. The molecular weight excluding hydrogens is 512 g/mol. The van der Waals surface area contributed by atoms with Crippen LogP contribution in [0.15, 0.2) is 36.8 Å². The summed E-state index contributed by atoms with van der Waals surface area (Å²) in [6.07, 6.45) is 4.95. The third kappa shape index (κ3) is 4.97. The molecule has 2 aromatic heterocycles. The Kier molecular flexibility index (Phi) is 6.85. The number of carbonyl (C=O) groups excluding carboxylic acids is 3. The van der Waals surface area contributed by atoms with E-state index >= 15 is 0 Å². The standard InChI is InChI=1S/C26H25ClN6O5/c1-14-11-29-21(13-28-14)31-24(35)18-10-16(38-20-4-7-32(2)26(20)37)9-17(23(18)34)22-19(27)8-15(12-30-22)25(36)33-5-3-6-33/h8-13,20,34H,3-7H2,1-2H3,(H,29,31,35)/t20-/m0/s1. The zero-order valence-electron chi connectivity index (χ0n) is 20.8. The number of likely N-dealkylation sites (tertiary alicyclic amines) is 2. The van der Waals surface area contributed by atoms with Crippen LogP contribution in [-0.4, -0.2) is 80.4 Å². The molecule has 2 aliphatic heterocycles. The molecule has 1 aromatic carbocycles. The van der Waals surface area contributed by atoms with Gasteiger partial charge in [0.1, 0.15) is 11.5 Å². The maximum absolute atomic E-state index is 13.2. The summed E-state index contributed by atoms with van der Waals surface area (Å²) in [5.74, 6) is -1.09. The lowest BCUT2D eigenvalue weighted by molar-refractivity contribution is -0.132. The van der Waals surface area contributed by atoms with E-state index in [2.05, 4.69) is 20.3 Å². The molecule has 0 saturated carbocycles. The number of amides is 3. The van der Waals surface area contributed by atoms with Gasteiger partial charge in [-0.15, -0.1) is 0 Å². The van der Waals surface area contributed by atoms with E-state index in [4.69, 9.17) is 16.3 Å². The summed E-state index contributed by atoms with van der Waals surface area (Å²) in [6.45, 7) is 3.65. The van der Waals surface area contributed by atoms with Crippen molar-refractivity contribution in [2.24, 2.45) is 0 Å². The van der Waals surface area contributed by atoms with Crippen molar-refractivity contribution in [1.29, 1.82) is 0 Å². The summed E-state index contributed by atoms with van der Waals surface area (Å²) in [5.41, 5.74) is 1.10. The summed E-state index contributed by atoms with van der Waals surface area (Å²) in [7, 11) is 1.68. The second-order valence-electron chi connectivity index (χ2n) is 9.22. The third-order valence-corrected chi connectivity index (χ3v) is 6.78. The lowest BCUT2D eigenvalue weighted by Gasteiger charge is -2.30. The van der Waals surface area contributed by atoms with Crippen molar-refractivity contribution in [3.63, 3.8) is 0 Å². The van der Waals surface area contributed by atoms with Crippen LogP contribution in [0.5, 0.6) is 11.5 Å². The average Bonchev–Trinajstić information content (AvgIpc) is 3.17. The van der Waals surface area contributed by atoms with Gasteiger partial charge in [-0.1, -0.05) is 11.6 Å². The van der Waals surface area contributed by atoms with Crippen molar-refractivity contribution in [2.45, 2.75) is 25.9 Å². The molecule has 0 unspecified atom stereocenters. The monoisotopic (exact) mass is 536 g/mol. The number of hydrogen-bond donors (Lipinski definition) is 2. The van der Waals surface area contributed by atoms with Crippen molar-refractivity contribution in [3.05, 3.63) is 58.6 Å². The van der Waals surface area contributed by atoms with Gasteiger partial charge in [-0.3, -0.25) is 24.4 Å². The largest absolute Gasteiger partial charge is 0.506 e. The predicted octanol–water partition coefficient (Wildman–Crippen LogP) is 2.91. The van der Waals surface area contributed by atoms with Crippen LogP contribution in [0.2, 0.25) is 5.02 Å². The number of nitrogens with one attached hydrogen (secondary N) is 1. The number of aromatic hydroxyl groups is 1. The number of pyridine rings is 1. The van der Waals surface area contributed by atoms with E-state index in [1.54, 1.807) is 23.8 Å². The molecule has 2 fully saturated rings. The first-order chi connectivity index (χ1) is 18.2. The van der Waals surface area contributed by atoms with Gasteiger partial charge in [-0.25, -0.2) is 4.98 Å². The molecule has 0 aliphatic carbocycles. The summed E-state index contributed by atoms with van der Waals surface area (Å²) >= 11 is 6.52. The Bertz CT molecular complexity index is 1430. The van der Waals surface area contributed by atoms with Crippen LogP contribution in [-0.2, 0) is 4.79 Å². The number of benzene rings is 1. The van der Waals surface area contributed by atoms with Crippen molar-refractivity contribution >= 4 is 35.1 Å². The number of anilines is 1. The van der Waals surface area contributed by atoms with Crippen molar-refractivity contribution in [3.8, 4) is 22.8 Å². The summed E-state index contributed by atoms with van der Waals surface area (Å²) in [4.78, 5) is 54.0. The lowest BCUT2D eigenvalue weighted by atomic mass is 10.0. The zero-order valence-corrected chi connectivity index (χ0v) is 21.5. The number of likely N-dealkylation sites (N-methyl/N-ethyl adjacent to an activating group) is 1. The van der Waals surface area contributed by atoms with Gasteiger partial charge in [0.2, 0.25) is 0 Å². The topological polar surface area (TPSA) is 138 Å². The van der Waals surface area contributed by atoms with Crippen LogP contribution in [0.4, 0.5) is 5.82 Å². The molecule has 3 aromatic rings. The molecule has 4 heterocycles. The molecule has 3 amide bonds. The predicted molar refractivity (Wildman–Crippen MR) is 138 cm³/mol. The van der Waals surface area contributed by atoms with Gasteiger partial charge in [-0.2, -0.15) is 0 Å². The smallest absolute Gasteiger partial charge is 0.263 e. The average molecular weight is 537 g/mol. The second-order valence-corrected chi connectivity index (χ2v) is 9.63. The highest BCUT2D eigenvalue weighted by Crippen LogP contribution is 2.39. The van der Waals surface area contributed by atoms with Gasteiger partial charge in [0.15, 0.2) is 11.9 Å². The first kappa shape index (κ1) is 25.4. The van der Waals surface area contributed by atoms with Crippen LogP contribution < -0.4 is 10.1 Å². The number of rotatable bonds is 6. The van der Waals surface area contributed by atoms with E-state index < -0.39 is 17.8 Å². The molecule has 11 nitrogen and oxygen atoms in total. The van der Waals surface area contributed by atoms with Gasteiger partial charge >= 0.3 is 0 Å². The minimum atomic E-state index is -0.740. The first-order valence-corrected chi connectivity index (χ1v) is 12.4. The highest BCUT2D eigenvalue weighted by atomic mass is 35.5. The van der Waals surface area contributed by atoms with E-state index in [-0.39, 0.29) is 45.2 Å². The maximum Gasteiger partial charge on any atom is 0.263 e. The molecule has 0 spiro atoms. The minimum Gasteiger partial charge on any atom is -0.506 e. The fourth-order valence-corrected chi connectivity index (χ4v) is 4.46. The number of hydrogen-bond acceptors (Lipinski definition) is 8. The SMILES string of the molecule is Cc1cnc(NC(=O)c2cc(O[C@H]3CCN(C)C3=O)cc(-c3ncc(C(=O)N4CCC4)cc3Cl)c2O)cn1. The minimum absolute atomic E-state index is 0.106. The summed E-state index contributed by atoms with van der Waals surface area (Å²) in [5, 5.41) is 13.9. The molecule has 196 valence electrons. The van der Waals surface area contributed by atoms with E-state index in [0.717, 1.165) is 6.42 Å². The molecule has 1 atom stereocenters. The van der Waals surface area contributed by atoms with E-state index in [1.165, 1.54) is 36.8 Å². The Morgan fingerprint density at radius 2 is 1.89 bits per heavy atom. The van der Waals surface area contributed by atoms with Gasteiger partial charge < -0.3 is 25.0 Å². The van der Waals surface area contributed by atoms with E-state index in [9.17, 15) is 19.5 Å². The molecule has 2 N–H and O–H groups in total. The number of aryl methyl sites for hydroxylation is 1. The molecule has 2 saturated heterocycles. The number of ether oxygens (including phenoxy) is 1. The lowest BCUT2D eigenvalue weighted by Crippen LogP contribution is -2.42. The van der Waals surface area contributed by atoms with Gasteiger partial charge in [-0.05, 0) is 31.5 Å². The molecule has 38 heavy (non-hydrogen) atoms. The normalized spacial score (nSPS) is 16.8. The Balaban J connectivity index is 1.52. The van der Waals surface area contributed by atoms with Crippen LogP contribution in [0.25, 0.3) is 11.3 Å². The number of phenols is 1. The summed E-state index contributed by atoms with van der Waals surface area (Å²) in [6, 6.07) is 4.29. The Morgan fingerprint density at radius 1 is 1.11 bits per heavy atom. The maximum atomic E-state index is 13.2. The second kappa shape index (κ2) is 10.3. The molecule has 12 heteroatoms. The first-order valence-electron chi connectivity index (χ1n) is 12.0. The van der Waals surface area contributed by atoms with Gasteiger partial charge in [0.25, 0.3) is 17.7 Å². The van der Waals surface area contributed by atoms with Crippen molar-refractivity contribution in [2.75, 3.05) is 32.0 Å². The van der Waals surface area contributed by atoms with E-state index in [1.807, 2.05) is 0 Å². The van der Waals surface area contributed by atoms with Crippen LogP contribution in [0.1, 0.15) is 39.3 Å². The highest BCUT2D eigenvalue weighted by Gasteiger charge is 2.32. The van der Waals surface area contributed by atoms with Crippen LogP contribution in [0, 0.1) is 6.92 Å². The molecule has 0 bridgehead atoms. The molecule has 2 aliphatic rings. The van der Waals surface area contributed by atoms with Crippen LogP contribution >= 0.6 is 11.6 Å². The number of phenolic OH excluding ortho intramolecular Hbond substituents is 1. The third-order valence-electron chi connectivity index (χ3n) is 6.49. The van der Waals surface area contributed by atoms with Crippen molar-refractivity contribution in [1.82, 2.24) is 24.8 Å². The fourth-order valence-electron chi connectivity index (χ4n) is 4.19. The molecular formula is C26H25ClN6O5. The molecule has 0 radical (unpaired) electrons. The number of carbonyl (C=O) groups is 3. The highest BCUT2D eigenvalue weighted by molar-refractivity contribution is 6.33. The van der Waals surface area contributed by atoms with E-state index in [0.29, 0.717) is 37.3 Å². The zero-order chi connectivity index (χ0) is 27.0. The Labute approximate surface area is 223 Å². The van der Waals surface area contributed by atoms with Crippen molar-refractivity contribution < 1.29 is 24.2 Å².